The first kappa shape index (κ1) is 20.8. The Labute approximate surface area is 187 Å². The second kappa shape index (κ2) is 8.71. The smallest absolute Gasteiger partial charge is 0.259 e. The van der Waals surface area contributed by atoms with E-state index in [1.54, 1.807) is 48.8 Å². The molecule has 154 valence electrons. The summed E-state index contributed by atoms with van der Waals surface area (Å²) in [4.78, 5) is 42.0. The number of pyridine rings is 1. The first-order valence-corrected chi connectivity index (χ1v) is 10.0. The van der Waals surface area contributed by atoms with Gasteiger partial charge in [-0.15, -0.1) is 0 Å². The van der Waals surface area contributed by atoms with Crippen molar-refractivity contribution in [2.24, 2.45) is 0 Å². The molecule has 1 aliphatic rings. The van der Waals surface area contributed by atoms with Gasteiger partial charge in [0.15, 0.2) is 0 Å². The highest BCUT2D eigenvalue weighted by Crippen LogP contribution is 2.29. The summed E-state index contributed by atoms with van der Waals surface area (Å²) >= 11 is 11.9. The summed E-state index contributed by atoms with van der Waals surface area (Å²) < 4.78 is 0. The molecule has 2 N–H and O–H groups in total. The number of Topliss-reactive ketones (excluding diaryl/α,β-unsaturated/α-hetero) is 1. The Hall–Kier alpha value is -3.48. The van der Waals surface area contributed by atoms with Gasteiger partial charge in [0.25, 0.3) is 11.8 Å². The number of hydrogen-bond acceptors (Lipinski definition) is 4. The lowest BCUT2D eigenvalue weighted by Gasteiger charge is -2.19. The number of anilines is 1. The number of benzene rings is 2. The molecule has 1 aromatic heterocycles. The maximum Gasteiger partial charge on any atom is 0.259 e. The third-order valence-electron chi connectivity index (χ3n) is 4.69. The number of fused-ring (bicyclic) bond motifs is 1. The van der Waals surface area contributed by atoms with E-state index in [1.165, 1.54) is 12.1 Å². The van der Waals surface area contributed by atoms with Crippen molar-refractivity contribution in [2.45, 2.75) is 6.54 Å². The molecular formula is C23H15Cl2N3O3. The number of hydrogen-bond donors (Lipinski definition) is 2. The number of nitrogens with zero attached hydrogens (tertiary/aromatic N) is 1. The predicted octanol–water partition coefficient (Wildman–Crippen LogP) is 4.54. The van der Waals surface area contributed by atoms with Gasteiger partial charge in [-0.05, 0) is 53.6 Å². The second-order valence-electron chi connectivity index (χ2n) is 6.82. The molecule has 1 aliphatic heterocycles. The van der Waals surface area contributed by atoms with Gasteiger partial charge < -0.3 is 10.6 Å². The highest BCUT2D eigenvalue weighted by atomic mass is 35.5. The van der Waals surface area contributed by atoms with Crippen LogP contribution in [0.2, 0.25) is 10.0 Å². The van der Waals surface area contributed by atoms with E-state index in [0.717, 1.165) is 5.56 Å². The highest BCUT2D eigenvalue weighted by Gasteiger charge is 2.29. The zero-order valence-corrected chi connectivity index (χ0v) is 17.5. The standard InChI is InChI=1S/C23H15Cl2N3O3/c24-18-5-3-13(9-19(18)25)8-17-21(29)16-10-15(4-6-20(16)28-23(17)31)22(30)27-12-14-2-1-7-26-11-14/h1-11H,12H2,(H,27,30)(H,28,31). The van der Waals surface area contributed by atoms with Crippen LogP contribution in [-0.4, -0.2) is 22.6 Å². The fraction of sp³-hybridized carbons (Fsp3) is 0.0435. The fourth-order valence-electron chi connectivity index (χ4n) is 3.11. The Bertz CT molecular complexity index is 1240. The second-order valence-corrected chi connectivity index (χ2v) is 7.63. The van der Waals surface area contributed by atoms with E-state index in [1.807, 2.05) is 6.07 Å². The van der Waals surface area contributed by atoms with Gasteiger partial charge in [-0.2, -0.15) is 0 Å². The predicted molar refractivity (Wildman–Crippen MR) is 119 cm³/mol. The molecule has 0 radical (unpaired) electrons. The third kappa shape index (κ3) is 4.50. The van der Waals surface area contributed by atoms with Crippen molar-refractivity contribution in [2.75, 3.05) is 5.32 Å². The third-order valence-corrected chi connectivity index (χ3v) is 5.43. The number of carbonyl (C=O) groups excluding carboxylic acids is 3. The van der Waals surface area contributed by atoms with Gasteiger partial charge in [-0.1, -0.05) is 35.3 Å². The van der Waals surface area contributed by atoms with Crippen LogP contribution < -0.4 is 10.6 Å². The number of ketones is 1. The lowest BCUT2D eigenvalue weighted by molar-refractivity contribution is -0.112. The van der Waals surface area contributed by atoms with E-state index in [0.29, 0.717) is 33.4 Å². The average Bonchev–Trinajstić information content (AvgIpc) is 2.78. The summed E-state index contributed by atoms with van der Waals surface area (Å²) in [5.74, 6) is -1.35. The van der Waals surface area contributed by atoms with E-state index in [4.69, 9.17) is 23.2 Å². The molecular weight excluding hydrogens is 437 g/mol. The summed E-state index contributed by atoms with van der Waals surface area (Å²) in [6.07, 6.45) is 4.75. The Morgan fingerprint density at radius 2 is 1.90 bits per heavy atom. The molecule has 31 heavy (non-hydrogen) atoms. The Morgan fingerprint density at radius 1 is 1.06 bits per heavy atom. The number of rotatable bonds is 4. The van der Waals surface area contributed by atoms with Crippen molar-refractivity contribution in [3.8, 4) is 0 Å². The molecule has 2 aromatic carbocycles. The number of carbonyl (C=O) groups is 3. The topological polar surface area (TPSA) is 88.2 Å². The minimum absolute atomic E-state index is 0.0567. The van der Waals surface area contributed by atoms with E-state index < -0.39 is 11.7 Å². The molecule has 8 heteroatoms. The zero-order valence-electron chi connectivity index (χ0n) is 16.0. The SMILES string of the molecule is O=C1Nc2ccc(C(=O)NCc3cccnc3)cc2C(=O)C1=Cc1ccc(Cl)c(Cl)c1. The summed E-state index contributed by atoms with van der Waals surface area (Å²) in [5, 5.41) is 6.16. The van der Waals surface area contributed by atoms with Gasteiger partial charge in [0, 0.05) is 30.1 Å². The Kier molecular flexibility index (Phi) is 5.84. The number of amides is 2. The lowest BCUT2D eigenvalue weighted by Crippen LogP contribution is -2.28. The van der Waals surface area contributed by atoms with Crippen LogP contribution in [0.25, 0.3) is 6.08 Å². The van der Waals surface area contributed by atoms with Gasteiger partial charge in [0.05, 0.1) is 21.3 Å². The van der Waals surface area contributed by atoms with E-state index in [2.05, 4.69) is 15.6 Å². The van der Waals surface area contributed by atoms with E-state index >= 15 is 0 Å². The van der Waals surface area contributed by atoms with Gasteiger partial charge >= 0.3 is 0 Å². The number of halogens is 2. The molecule has 0 unspecified atom stereocenters. The van der Waals surface area contributed by atoms with Gasteiger partial charge in [-0.25, -0.2) is 0 Å². The van der Waals surface area contributed by atoms with Crippen molar-refractivity contribution in [1.29, 1.82) is 0 Å². The molecule has 2 amide bonds. The Balaban J connectivity index is 1.59. The normalized spacial score (nSPS) is 14.2. The van der Waals surface area contributed by atoms with Crippen LogP contribution in [0.1, 0.15) is 31.8 Å². The van der Waals surface area contributed by atoms with Crippen LogP contribution in [0.15, 0.2) is 66.5 Å². The molecule has 3 aromatic rings. The summed E-state index contributed by atoms with van der Waals surface area (Å²) in [6, 6.07) is 13.0. The van der Waals surface area contributed by atoms with Crippen LogP contribution >= 0.6 is 23.2 Å². The fourth-order valence-corrected chi connectivity index (χ4v) is 3.41. The van der Waals surface area contributed by atoms with Crippen molar-refractivity contribution >= 4 is 52.6 Å². The lowest BCUT2D eigenvalue weighted by atomic mass is 9.93. The molecule has 2 heterocycles. The minimum atomic E-state index is -0.530. The molecule has 4 rings (SSSR count). The van der Waals surface area contributed by atoms with Gasteiger partial charge in [-0.3, -0.25) is 19.4 Å². The largest absolute Gasteiger partial charge is 0.348 e. The van der Waals surface area contributed by atoms with Crippen LogP contribution in [0, 0.1) is 0 Å². The minimum Gasteiger partial charge on any atom is -0.348 e. The molecule has 0 atom stereocenters. The monoisotopic (exact) mass is 451 g/mol. The maximum atomic E-state index is 13.0. The summed E-state index contributed by atoms with van der Waals surface area (Å²) in [6.45, 7) is 0.302. The summed E-state index contributed by atoms with van der Waals surface area (Å²) in [5.41, 5.74) is 2.25. The highest BCUT2D eigenvalue weighted by molar-refractivity contribution is 6.42. The molecule has 0 saturated carbocycles. The molecule has 0 bridgehead atoms. The van der Waals surface area contributed by atoms with Gasteiger partial charge in [0.2, 0.25) is 5.78 Å². The van der Waals surface area contributed by atoms with E-state index in [-0.39, 0.29) is 17.0 Å². The van der Waals surface area contributed by atoms with Gasteiger partial charge in [0.1, 0.15) is 0 Å². The zero-order chi connectivity index (χ0) is 22.0. The van der Waals surface area contributed by atoms with E-state index in [9.17, 15) is 14.4 Å². The van der Waals surface area contributed by atoms with Crippen LogP contribution in [0.4, 0.5) is 5.69 Å². The number of aromatic nitrogens is 1. The Morgan fingerprint density at radius 3 is 2.65 bits per heavy atom. The maximum absolute atomic E-state index is 13.0. The molecule has 0 aliphatic carbocycles. The quantitative estimate of drug-likeness (QED) is 0.450. The van der Waals surface area contributed by atoms with Crippen molar-refractivity contribution in [3.63, 3.8) is 0 Å². The van der Waals surface area contributed by atoms with Crippen molar-refractivity contribution in [3.05, 3.63) is 98.8 Å². The van der Waals surface area contributed by atoms with Crippen LogP contribution in [0.5, 0.6) is 0 Å². The number of nitrogens with one attached hydrogen (secondary N) is 2. The average molecular weight is 452 g/mol. The molecule has 0 saturated heterocycles. The molecule has 6 nitrogen and oxygen atoms in total. The first-order chi connectivity index (χ1) is 14.9. The van der Waals surface area contributed by atoms with Crippen LogP contribution in [-0.2, 0) is 11.3 Å². The van der Waals surface area contributed by atoms with Crippen LogP contribution in [0.3, 0.4) is 0 Å². The first-order valence-electron chi connectivity index (χ1n) is 9.26. The van der Waals surface area contributed by atoms with Crippen molar-refractivity contribution < 1.29 is 14.4 Å². The van der Waals surface area contributed by atoms with Crippen molar-refractivity contribution in [1.82, 2.24) is 10.3 Å². The molecule has 0 spiro atoms. The molecule has 0 fully saturated rings. The summed E-state index contributed by atoms with van der Waals surface area (Å²) in [7, 11) is 0.